The van der Waals surface area contributed by atoms with E-state index in [1.54, 1.807) is 0 Å². The van der Waals surface area contributed by atoms with Crippen molar-refractivity contribution in [1.82, 2.24) is 5.32 Å². The normalized spacial score (nSPS) is 41.8. The molecule has 1 saturated carbocycles. The van der Waals surface area contributed by atoms with Crippen LogP contribution in [0.1, 0.15) is 39.0 Å². The van der Waals surface area contributed by atoms with Gasteiger partial charge in [-0.1, -0.05) is 19.8 Å². The average molecular weight is 167 g/mol. The quantitative estimate of drug-likeness (QED) is 0.584. The van der Waals surface area contributed by atoms with Gasteiger partial charge in [0, 0.05) is 13.0 Å². The van der Waals surface area contributed by atoms with Crippen molar-refractivity contribution < 1.29 is 4.79 Å². The number of hydrogen-bond donors (Lipinski definition) is 1. The third-order valence-electron chi connectivity index (χ3n) is 3.53. The highest BCUT2D eigenvalue weighted by atomic mass is 16.1. The van der Waals surface area contributed by atoms with E-state index >= 15 is 0 Å². The molecule has 0 aromatic rings. The fourth-order valence-corrected chi connectivity index (χ4v) is 2.48. The summed E-state index contributed by atoms with van der Waals surface area (Å²) in [7, 11) is 0. The van der Waals surface area contributed by atoms with E-state index in [0.29, 0.717) is 5.41 Å². The number of rotatable bonds is 0. The molecular weight excluding hydrogens is 150 g/mol. The van der Waals surface area contributed by atoms with E-state index < -0.39 is 0 Å². The first-order chi connectivity index (χ1) is 5.70. The highest BCUT2D eigenvalue weighted by Crippen LogP contribution is 2.43. The van der Waals surface area contributed by atoms with E-state index in [4.69, 9.17) is 0 Å². The Balaban J connectivity index is 1.99. The van der Waals surface area contributed by atoms with E-state index in [1.807, 2.05) is 0 Å². The van der Waals surface area contributed by atoms with Crippen molar-refractivity contribution in [2.75, 3.05) is 6.54 Å². The van der Waals surface area contributed by atoms with Crippen molar-refractivity contribution in [3.63, 3.8) is 0 Å². The molecule has 0 bridgehead atoms. The summed E-state index contributed by atoms with van der Waals surface area (Å²) < 4.78 is 0. The maximum Gasteiger partial charge on any atom is 0.220 e. The molecule has 2 nitrogen and oxygen atoms in total. The first-order valence-electron chi connectivity index (χ1n) is 4.97. The molecule has 2 aliphatic rings. The van der Waals surface area contributed by atoms with Crippen LogP contribution in [0.25, 0.3) is 0 Å². The summed E-state index contributed by atoms with van der Waals surface area (Å²) in [6.45, 7) is 3.26. The van der Waals surface area contributed by atoms with Gasteiger partial charge in [0.1, 0.15) is 0 Å². The van der Waals surface area contributed by atoms with Gasteiger partial charge in [-0.15, -0.1) is 0 Å². The van der Waals surface area contributed by atoms with Crippen LogP contribution in [0.3, 0.4) is 0 Å². The van der Waals surface area contributed by atoms with E-state index in [2.05, 4.69) is 12.2 Å². The standard InChI is InChI=1S/C10H17NO/c1-8-2-4-10(5-3-8)6-9(12)11-7-10/h8H,2-7H2,1H3,(H,11,12). The molecule has 0 radical (unpaired) electrons. The van der Waals surface area contributed by atoms with E-state index in [-0.39, 0.29) is 5.91 Å². The van der Waals surface area contributed by atoms with Gasteiger partial charge in [-0.25, -0.2) is 0 Å². The van der Waals surface area contributed by atoms with Crippen molar-refractivity contribution in [3.8, 4) is 0 Å². The maximum atomic E-state index is 11.1. The number of carbonyl (C=O) groups excluding carboxylic acids is 1. The minimum absolute atomic E-state index is 0.268. The van der Waals surface area contributed by atoms with E-state index in [9.17, 15) is 4.79 Å². The van der Waals surface area contributed by atoms with Gasteiger partial charge in [-0.2, -0.15) is 0 Å². The summed E-state index contributed by atoms with van der Waals surface area (Å²) >= 11 is 0. The van der Waals surface area contributed by atoms with Crippen molar-refractivity contribution in [1.29, 1.82) is 0 Å². The fourth-order valence-electron chi connectivity index (χ4n) is 2.48. The monoisotopic (exact) mass is 167 g/mol. The lowest BCUT2D eigenvalue weighted by atomic mass is 9.70. The van der Waals surface area contributed by atoms with Gasteiger partial charge in [0.05, 0.1) is 0 Å². The minimum atomic E-state index is 0.268. The van der Waals surface area contributed by atoms with Gasteiger partial charge in [0.2, 0.25) is 5.91 Å². The van der Waals surface area contributed by atoms with Crippen LogP contribution in [-0.4, -0.2) is 12.5 Å². The summed E-state index contributed by atoms with van der Waals surface area (Å²) in [6.07, 6.45) is 5.93. The summed E-state index contributed by atoms with van der Waals surface area (Å²) in [5, 5.41) is 2.96. The van der Waals surface area contributed by atoms with Crippen LogP contribution in [0.5, 0.6) is 0 Å². The molecule has 1 aliphatic carbocycles. The summed E-state index contributed by atoms with van der Waals surface area (Å²) in [5.74, 6) is 1.15. The molecule has 0 aromatic heterocycles. The Morgan fingerprint density at radius 1 is 1.42 bits per heavy atom. The Morgan fingerprint density at radius 2 is 2.08 bits per heavy atom. The van der Waals surface area contributed by atoms with Crippen LogP contribution in [-0.2, 0) is 4.79 Å². The van der Waals surface area contributed by atoms with Crippen LogP contribution in [0.15, 0.2) is 0 Å². The molecule has 0 aromatic carbocycles. The second kappa shape index (κ2) is 2.75. The lowest BCUT2D eigenvalue weighted by Crippen LogP contribution is -2.28. The zero-order valence-corrected chi connectivity index (χ0v) is 7.73. The lowest BCUT2D eigenvalue weighted by molar-refractivity contribution is -0.119. The average Bonchev–Trinajstić information content (AvgIpc) is 2.40. The van der Waals surface area contributed by atoms with Crippen LogP contribution in [0, 0.1) is 11.3 Å². The SMILES string of the molecule is CC1CCC2(CC1)CNC(=O)C2. The molecule has 1 saturated heterocycles. The van der Waals surface area contributed by atoms with Gasteiger partial charge in [0.25, 0.3) is 0 Å². The van der Waals surface area contributed by atoms with E-state index in [0.717, 1.165) is 18.9 Å². The lowest BCUT2D eigenvalue weighted by Gasteiger charge is -2.34. The Morgan fingerprint density at radius 3 is 2.58 bits per heavy atom. The molecule has 2 fully saturated rings. The van der Waals surface area contributed by atoms with Crippen LogP contribution in [0.2, 0.25) is 0 Å². The minimum Gasteiger partial charge on any atom is -0.356 e. The van der Waals surface area contributed by atoms with Crippen molar-refractivity contribution in [2.24, 2.45) is 11.3 Å². The summed E-state index contributed by atoms with van der Waals surface area (Å²) in [4.78, 5) is 11.1. The summed E-state index contributed by atoms with van der Waals surface area (Å²) in [5.41, 5.74) is 0.365. The molecular formula is C10H17NO. The topological polar surface area (TPSA) is 29.1 Å². The Hall–Kier alpha value is -0.530. The molecule has 0 unspecified atom stereocenters. The van der Waals surface area contributed by atoms with Crippen LogP contribution < -0.4 is 5.32 Å². The maximum absolute atomic E-state index is 11.1. The summed E-state index contributed by atoms with van der Waals surface area (Å²) in [6, 6.07) is 0. The number of nitrogens with one attached hydrogen (secondary N) is 1. The number of hydrogen-bond acceptors (Lipinski definition) is 1. The van der Waals surface area contributed by atoms with Crippen molar-refractivity contribution in [2.45, 2.75) is 39.0 Å². The smallest absolute Gasteiger partial charge is 0.220 e. The van der Waals surface area contributed by atoms with Crippen molar-refractivity contribution >= 4 is 5.91 Å². The van der Waals surface area contributed by atoms with Crippen LogP contribution >= 0.6 is 0 Å². The molecule has 2 heteroatoms. The van der Waals surface area contributed by atoms with Gasteiger partial charge in [-0.3, -0.25) is 4.79 Å². The van der Waals surface area contributed by atoms with Gasteiger partial charge in [0.15, 0.2) is 0 Å². The van der Waals surface area contributed by atoms with Crippen LogP contribution in [0.4, 0.5) is 0 Å². The van der Waals surface area contributed by atoms with E-state index in [1.165, 1.54) is 25.7 Å². The number of carbonyl (C=O) groups is 1. The van der Waals surface area contributed by atoms with Crippen molar-refractivity contribution in [3.05, 3.63) is 0 Å². The highest BCUT2D eigenvalue weighted by molar-refractivity contribution is 5.79. The van der Waals surface area contributed by atoms with Gasteiger partial charge >= 0.3 is 0 Å². The fraction of sp³-hybridized carbons (Fsp3) is 0.900. The molecule has 1 aliphatic heterocycles. The third kappa shape index (κ3) is 1.35. The zero-order chi connectivity index (χ0) is 8.60. The number of amides is 1. The molecule has 68 valence electrons. The molecule has 2 rings (SSSR count). The molecule has 1 spiro atoms. The Bertz CT molecular complexity index is 192. The third-order valence-corrected chi connectivity index (χ3v) is 3.53. The first kappa shape index (κ1) is 8.09. The second-order valence-electron chi connectivity index (χ2n) is 4.64. The predicted octanol–water partition coefficient (Wildman–Crippen LogP) is 1.70. The molecule has 1 heterocycles. The molecule has 0 atom stereocenters. The van der Waals surface area contributed by atoms with Gasteiger partial charge in [-0.05, 0) is 24.2 Å². The first-order valence-corrected chi connectivity index (χ1v) is 4.97. The molecule has 1 N–H and O–H groups in total. The Labute approximate surface area is 73.7 Å². The Kier molecular flexibility index (Phi) is 1.85. The molecule has 1 amide bonds. The largest absolute Gasteiger partial charge is 0.356 e. The second-order valence-corrected chi connectivity index (χ2v) is 4.64. The predicted molar refractivity (Wildman–Crippen MR) is 47.7 cm³/mol. The van der Waals surface area contributed by atoms with Gasteiger partial charge < -0.3 is 5.32 Å². The highest BCUT2D eigenvalue weighted by Gasteiger charge is 2.40. The zero-order valence-electron chi connectivity index (χ0n) is 7.73. The molecule has 12 heavy (non-hydrogen) atoms.